The molecule has 1 N–H and O–H groups in total. The molecule has 0 unspecified atom stereocenters. The summed E-state index contributed by atoms with van der Waals surface area (Å²) in [5.41, 5.74) is 1.99. The van der Waals surface area contributed by atoms with Crippen LogP contribution in [0, 0.1) is 12.7 Å². The van der Waals surface area contributed by atoms with E-state index in [9.17, 15) is 9.18 Å². The Hall–Kier alpha value is -3.65. The minimum Gasteiger partial charge on any atom is -0.421 e. The highest BCUT2D eigenvalue weighted by molar-refractivity contribution is 7.17. The van der Waals surface area contributed by atoms with Gasteiger partial charge in [-0.05, 0) is 19.1 Å². The number of carbonyl (C=O) groups excluding carboxylic acids is 1. The number of amides is 1. The van der Waals surface area contributed by atoms with Gasteiger partial charge in [-0.2, -0.15) is 0 Å². The van der Waals surface area contributed by atoms with E-state index in [1.165, 1.54) is 35.9 Å². The molecule has 0 aliphatic heterocycles. The maximum atomic E-state index is 13.6. The molecule has 2 heterocycles. The molecule has 0 fully saturated rings. The van der Waals surface area contributed by atoms with Gasteiger partial charge in [-0.25, -0.2) is 19.3 Å². The van der Waals surface area contributed by atoms with Crippen molar-refractivity contribution in [3.05, 3.63) is 83.4 Å². The first-order chi connectivity index (χ1) is 14.1. The van der Waals surface area contributed by atoms with Gasteiger partial charge >= 0.3 is 6.01 Å². The molecular formula is C21H15FN4O2S. The van der Waals surface area contributed by atoms with Crippen LogP contribution >= 0.6 is 11.3 Å². The maximum Gasteiger partial charge on any atom is 0.322 e. The molecule has 0 spiro atoms. The number of benzene rings is 2. The SMILES string of the molecule is Cc1nc(-c2ccccc2)sc1C(=O)Nc1cnc(Oc2ccccc2F)nc1. The maximum absolute atomic E-state index is 13.6. The molecular weight excluding hydrogens is 391 g/mol. The van der Waals surface area contributed by atoms with Gasteiger partial charge in [0, 0.05) is 5.56 Å². The number of aryl methyl sites for hydroxylation is 1. The van der Waals surface area contributed by atoms with Crippen molar-refractivity contribution in [3.63, 3.8) is 0 Å². The van der Waals surface area contributed by atoms with Crippen molar-refractivity contribution in [3.8, 4) is 22.3 Å². The quantitative estimate of drug-likeness (QED) is 0.499. The Morgan fingerprint density at radius 2 is 1.72 bits per heavy atom. The lowest BCUT2D eigenvalue weighted by molar-refractivity contribution is 0.102. The lowest BCUT2D eigenvalue weighted by Gasteiger charge is -2.06. The van der Waals surface area contributed by atoms with Crippen molar-refractivity contribution < 1.29 is 13.9 Å². The number of thiazole rings is 1. The highest BCUT2D eigenvalue weighted by Crippen LogP contribution is 2.28. The van der Waals surface area contributed by atoms with Gasteiger partial charge in [-0.15, -0.1) is 11.3 Å². The molecule has 0 saturated heterocycles. The number of para-hydroxylation sites is 1. The van der Waals surface area contributed by atoms with Gasteiger partial charge in [0.15, 0.2) is 11.6 Å². The number of hydrogen-bond donors (Lipinski definition) is 1. The summed E-state index contributed by atoms with van der Waals surface area (Å²) in [6.45, 7) is 1.79. The number of nitrogens with zero attached hydrogens (tertiary/aromatic N) is 3. The normalized spacial score (nSPS) is 10.6. The third-order valence-corrected chi connectivity index (χ3v) is 5.15. The predicted molar refractivity (Wildman–Crippen MR) is 109 cm³/mol. The molecule has 0 bridgehead atoms. The number of carbonyl (C=O) groups is 1. The number of anilines is 1. The zero-order chi connectivity index (χ0) is 20.2. The van der Waals surface area contributed by atoms with Crippen LogP contribution < -0.4 is 10.1 Å². The van der Waals surface area contributed by atoms with E-state index in [1.54, 1.807) is 19.1 Å². The number of nitrogens with one attached hydrogen (secondary N) is 1. The van der Waals surface area contributed by atoms with Crippen LogP contribution in [0.15, 0.2) is 67.0 Å². The van der Waals surface area contributed by atoms with Crippen molar-refractivity contribution in [2.45, 2.75) is 6.92 Å². The predicted octanol–water partition coefficient (Wildman–Crippen LogP) is 5.09. The Kier molecular flexibility index (Phi) is 5.26. The highest BCUT2D eigenvalue weighted by Gasteiger charge is 2.17. The van der Waals surface area contributed by atoms with Crippen molar-refractivity contribution in [1.29, 1.82) is 0 Å². The van der Waals surface area contributed by atoms with Crippen molar-refractivity contribution in [2.75, 3.05) is 5.32 Å². The smallest absolute Gasteiger partial charge is 0.322 e. The Balaban J connectivity index is 1.46. The van der Waals surface area contributed by atoms with Gasteiger partial charge < -0.3 is 10.1 Å². The Labute approximate surface area is 170 Å². The van der Waals surface area contributed by atoms with Crippen LogP contribution in [0.1, 0.15) is 15.4 Å². The molecule has 0 radical (unpaired) electrons. The van der Waals surface area contributed by atoms with Crippen LogP contribution in [-0.2, 0) is 0 Å². The monoisotopic (exact) mass is 406 g/mol. The topological polar surface area (TPSA) is 77.0 Å². The Morgan fingerprint density at radius 3 is 2.45 bits per heavy atom. The van der Waals surface area contributed by atoms with Gasteiger partial charge in [0.05, 0.1) is 23.8 Å². The number of ether oxygens (including phenoxy) is 1. The van der Waals surface area contributed by atoms with Crippen LogP contribution in [0.4, 0.5) is 10.1 Å². The average molecular weight is 406 g/mol. The van der Waals surface area contributed by atoms with Crippen molar-refractivity contribution >= 4 is 22.9 Å². The largest absolute Gasteiger partial charge is 0.421 e. The molecule has 0 atom stereocenters. The van der Waals surface area contributed by atoms with Crippen LogP contribution in [0.25, 0.3) is 10.6 Å². The van der Waals surface area contributed by atoms with E-state index in [0.717, 1.165) is 10.6 Å². The molecule has 2 aromatic carbocycles. The molecule has 1 amide bonds. The molecule has 29 heavy (non-hydrogen) atoms. The number of hydrogen-bond acceptors (Lipinski definition) is 6. The number of halogens is 1. The second kappa shape index (κ2) is 8.15. The molecule has 144 valence electrons. The summed E-state index contributed by atoms with van der Waals surface area (Å²) in [6, 6.07) is 15.6. The number of aromatic nitrogens is 3. The fraction of sp³-hybridized carbons (Fsp3) is 0.0476. The molecule has 0 saturated carbocycles. The second-order valence-electron chi connectivity index (χ2n) is 6.04. The van der Waals surface area contributed by atoms with Crippen LogP contribution in [0.2, 0.25) is 0 Å². The Morgan fingerprint density at radius 1 is 1.03 bits per heavy atom. The van der Waals surface area contributed by atoms with E-state index in [1.807, 2.05) is 30.3 Å². The Bertz CT molecular complexity index is 1150. The van der Waals surface area contributed by atoms with Gasteiger partial charge in [-0.3, -0.25) is 4.79 Å². The fourth-order valence-corrected chi connectivity index (χ4v) is 3.53. The minimum atomic E-state index is -0.511. The molecule has 6 nitrogen and oxygen atoms in total. The molecule has 8 heteroatoms. The molecule has 0 aliphatic carbocycles. The molecule has 4 rings (SSSR count). The van der Waals surface area contributed by atoms with E-state index in [0.29, 0.717) is 16.3 Å². The zero-order valence-electron chi connectivity index (χ0n) is 15.3. The third kappa shape index (κ3) is 4.27. The van der Waals surface area contributed by atoms with E-state index in [-0.39, 0.29) is 17.7 Å². The van der Waals surface area contributed by atoms with Crippen molar-refractivity contribution in [1.82, 2.24) is 15.0 Å². The summed E-state index contributed by atoms with van der Waals surface area (Å²) in [7, 11) is 0. The minimum absolute atomic E-state index is 0.0200. The second-order valence-corrected chi connectivity index (χ2v) is 7.04. The highest BCUT2D eigenvalue weighted by atomic mass is 32.1. The first kappa shape index (κ1) is 18.7. The van der Waals surface area contributed by atoms with E-state index >= 15 is 0 Å². The van der Waals surface area contributed by atoms with Gasteiger partial charge in [0.25, 0.3) is 5.91 Å². The summed E-state index contributed by atoms with van der Waals surface area (Å²) >= 11 is 1.32. The lowest BCUT2D eigenvalue weighted by Crippen LogP contribution is -2.12. The first-order valence-corrected chi connectivity index (χ1v) is 9.50. The summed E-state index contributed by atoms with van der Waals surface area (Å²) in [6.07, 6.45) is 2.80. The van der Waals surface area contributed by atoms with Crippen LogP contribution in [0.5, 0.6) is 11.8 Å². The average Bonchev–Trinajstić information content (AvgIpc) is 3.14. The van der Waals surface area contributed by atoms with Gasteiger partial charge in [-0.1, -0.05) is 42.5 Å². The van der Waals surface area contributed by atoms with E-state index < -0.39 is 5.82 Å². The van der Waals surface area contributed by atoms with E-state index in [4.69, 9.17) is 4.74 Å². The lowest BCUT2D eigenvalue weighted by atomic mass is 10.2. The third-order valence-electron chi connectivity index (χ3n) is 3.95. The van der Waals surface area contributed by atoms with Crippen molar-refractivity contribution in [2.24, 2.45) is 0 Å². The molecule has 4 aromatic rings. The zero-order valence-corrected chi connectivity index (χ0v) is 16.1. The van der Waals surface area contributed by atoms with Crippen LogP contribution in [0.3, 0.4) is 0 Å². The fourth-order valence-electron chi connectivity index (χ4n) is 2.56. The first-order valence-electron chi connectivity index (χ1n) is 8.69. The van der Waals surface area contributed by atoms with E-state index in [2.05, 4.69) is 20.3 Å². The van der Waals surface area contributed by atoms with Gasteiger partial charge in [0.1, 0.15) is 9.88 Å². The summed E-state index contributed by atoms with van der Waals surface area (Å²) in [5, 5.41) is 3.52. The molecule has 2 aromatic heterocycles. The molecule has 0 aliphatic rings. The van der Waals surface area contributed by atoms with Gasteiger partial charge in [0.2, 0.25) is 0 Å². The number of rotatable bonds is 5. The standard InChI is InChI=1S/C21H15FN4O2S/c1-13-18(29-20(25-13)14-7-3-2-4-8-14)19(27)26-15-11-23-21(24-12-15)28-17-10-6-5-9-16(17)22/h2-12H,1H3,(H,26,27). The summed E-state index contributed by atoms with van der Waals surface area (Å²) in [5.74, 6) is -0.782. The summed E-state index contributed by atoms with van der Waals surface area (Å²) in [4.78, 5) is 25.6. The summed E-state index contributed by atoms with van der Waals surface area (Å²) < 4.78 is 18.9. The van der Waals surface area contributed by atoms with Crippen LogP contribution in [-0.4, -0.2) is 20.9 Å².